The van der Waals surface area contributed by atoms with Crippen LogP contribution in [0.15, 0.2) is 43.2 Å². The van der Waals surface area contributed by atoms with Gasteiger partial charge in [0.05, 0.1) is 18.1 Å². The molecule has 0 bridgehead atoms. The van der Waals surface area contributed by atoms with Gasteiger partial charge in [-0.15, -0.1) is 0 Å². The van der Waals surface area contributed by atoms with Crippen molar-refractivity contribution in [1.29, 1.82) is 0 Å². The third-order valence-electron chi connectivity index (χ3n) is 5.48. The number of benzene rings is 1. The smallest absolute Gasteiger partial charge is 0.261 e. The number of ether oxygens (including phenoxy) is 1. The quantitative estimate of drug-likeness (QED) is 0.271. The zero-order chi connectivity index (χ0) is 22.1. The van der Waals surface area contributed by atoms with Gasteiger partial charge >= 0.3 is 0 Å². The van der Waals surface area contributed by atoms with Crippen molar-refractivity contribution in [3.63, 3.8) is 0 Å². The van der Waals surface area contributed by atoms with Gasteiger partial charge < -0.3 is 14.7 Å². The standard InChI is InChI=1S/C24H36N2O3S/c1-6-9-10-22(27)20-13-11-19(20)16-26(7-2)21-15-18(12-14-23(21)29-8-3)24(28)25-30-17(4)5/h8-10,12,14-15,17,19-20,22,27H,3,6-7,11,13,16H2,1-2,4-5H3,(H,25,28)/b10-9+. The molecular weight excluding hydrogens is 396 g/mol. The van der Waals surface area contributed by atoms with Crippen molar-refractivity contribution >= 4 is 23.5 Å². The highest BCUT2D eigenvalue weighted by Gasteiger charge is 2.36. The van der Waals surface area contributed by atoms with Gasteiger partial charge in [-0.05, 0) is 68.2 Å². The summed E-state index contributed by atoms with van der Waals surface area (Å²) in [5, 5.41) is 10.8. The number of hydrogen-bond donors (Lipinski definition) is 2. The van der Waals surface area contributed by atoms with E-state index in [0.717, 1.165) is 38.0 Å². The van der Waals surface area contributed by atoms with Crippen LogP contribution in [0.25, 0.3) is 0 Å². The number of aliphatic hydroxyl groups is 1. The van der Waals surface area contributed by atoms with Gasteiger partial charge in [0.15, 0.2) is 0 Å². The van der Waals surface area contributed by atoms with Crippen molar-refractivity contribution in [3.05, 3.63) is 48.8 Å². The van der Waals surface area contributed by atoms with E-state index in [1.54, 1.807) is 6.07 Å². The molecule has 1 aliphatic rings. The molecule has 0 spiro atoms. The minimum absolute atomic E-state index is 0.113. The average Bonchev–Trinajstić information content (AvgIpc) is 2.71. The van der Waals surface area contributed by atoms with Gasteiger partial charge in [0.2, 0.25) is 0 Å². The van der Waals surface area contributed by atoms with Crippen molar-refractivity contribution in [1.82, 2.24) is 4.72 Å². The first-order chi connectivity index (χ1) is 14.4. The average molecular weight is 433 g/mol. The molecule has 1 fully saturated rings. The van der Waals surface area contributed by atoms with Crippen molar-refractivity contribution in [2.45, 2.75) is 58.3 Å². The number of anilines is 1. The lowest BCUT2D eigenvalue weighted by atomic mass is 9.70. The number of aliphatic hydroxyl groups excluding tert-OH is 1. The van der Waals surface area contributed by atoms with Gasteiger partial charge in [-0.25, -0.2) is 0 Å². The highest BCUT2D eigenvalue weighted by molar-refractivity contribution is 7.98. The fourth-order valence-electron chi connectivity index (χ4n) is 3.70. The first kappa shape index (κ1) is 24.4. The minimum atomic E-state index is -0.392. The molecule has 1 aromatic carbocycles. The molecule has 6 heteroatoms. The van der Waals surface area contributed by atoms with Crippen LogP contribution in [0.4, 0.5) is 5.69 Å². The number of amides is 1. The normalized spacial score (nSPS) is 19.4. The molecule has 0 aromatic heterocycles. The van der Waals surface area contributed by atoms with E-state index in [0.29, 0.717) is 22.5 Å². The first-order valence-corrected chi connectivity index (χ1v) is 11.8. The molecule has 5 nitrogen and oxygen atoms in total. The highest BCUT2D eigenvalue weighted by Crippen LogP contribution is 2.40. The molecule has 2 N–H and O–H groups in total. The Morgan fingerprint density at radius 3 is 2.73 bits per heavy atom. The lowest BCUT2D eigenvalue weighted by molar-refractivity contribution is 0.0463. The van der Waals surface area contributed by atoms with Crippen LogP contribution < -0.4 is 14.4 Å². The molecule has 0 aliphatic heterocycles. The molecule has 0 saturated heterocycles. The van der Waals surface area contributed by atoms with Gasteiger partial charge in [-0.1, -0.05) is 39.5 Å². The van der Waals surface area contributed by atoms with Crippen molar-refractivity contribution in [3.8, 4) is 5.75 Å². The summed E-state index contributed by atoms with van der Waals surface area (Å²) in [6.45, 7) is 13.5. The number of nitrogens with one attached hydrogen (secondary N) is 1. The van der Waals surface area contributed by atoms with E-state index in [-0.39, 0.29) is 11.8 Å². The van der Waals surface area contributed by atoms with E-state index in [1.807, 2.05) is 38.1 Å². The molecule has 2 rings (SSSR count). The van der Waals surface area contributed by atoms with E-state index >= 15 is 0 Å². The van der Waals surface area contributed by atoms with Crippen molar-refractivity contribution < 1.29 is 14.6 Å². The van der Waals surface area contributed by atoms with E-state index in [1.165, 1.54) is 18.2 Å². The second-order valence-electron chi connectivity index (χ2n) is 7.93. The third-order valence-corrected chi connectivity index (χ3v) is 6.25. The van der Waals surface area contributed by atoms with E-state index in [9.17, 15) is 9.90 Å². The molecule has 1 aromatic rings. The molecule has 30 heavy (non-hydrogen) atoms. The van der Waals surface area contributed by atoms with Crippen LogP contribution in [-0.2, 0) is 0 Å². The lowest BCUT2D eigenvalue weighted by Gasteiger charge is -2.42. The van der Waals surface area contributed by atoms with E-state index in [2.05, 4.69) is 30.0 Å². The van der Waals surface area contributed by atoms with Crippen molar-refractivity contribution in [2.75, 3.05) is 18.0 Å². The maximum Gasteiger partial charge on any atom is 0.261 e. The Balaban J connectivity index is 2.20. The molecule has 166 valence electrons. The SMILES string of the molecule is C=COc1ccc(C(=O)NSC(C)C)cc1N(CC)CC1CCC1C(O)/C=C/CC. The van der Waals surface area contributed by atoms with Gasteiger partial charge in [0.25, 0.3) is 5.91 Å². The predicted octanol–water partition coefficient (Wildman–Crippen LogP) is 5.17. The van der Waals surface area contributed by atoms with Crippen LogP contribution in [-0.4, -0.2) is 35.5 Å². The van der Waals surface area contributed by atoms with Gasteiger partial charge in [0, 0.05) is 23.9 Å². The number of carbonyl (C=O) groups excluding carboxylic acids is 1. The van der Waals surface area contributed by atoms with Crippen molar-refractivity contribution in [2.24, 2.45) is 11.8 Å². The third kappa shape index (κ3) is 6.54. The summed E-state index contributed by atoms with van der Waals surface area (Å²) in [5.41, 5.74) is 1.48. The molecule has 0 heterocycles. The number of allylic oxidation sites excluding steroid dienone is 1. The Hall–Kier alpha value is -1.92. The summed E-state index contributed by atoms with van der Waals surface area (Å²) in [6.07, 6.45) is 8.05. The molecule has 1 amide bonds. The van der Waals surface area contributed by atoms with E-state index < -0.39 is 6.10 Å². The maximum atomic E-state index is 12.6. The minimum Gasteiger partial charge on any atom is -0.463 e. The second-order valence-corrected chi connectivity index (χ2v) is 9.31. The van der Waals surface area contributed by atoms with E-state index in [4.69, 9.17) is 4.74 Å². The van der Waals surface area contributed by atoms with Gasteiger partial charge in [-0.2, -0.15) is 0 Å². The summed E-state index contributed by atoms with van der Waals surface area (Å²) in [6, 6.07) is 5.49. The fraction of sp³-hybridized carbons (Fsp3) is 0.542. The maximum absolute atomic E-state index is 12.6. The number of hydrogen-bond acceptors (Lipinski definition) is 5. The highest BCUT2D eigenvalue weighted by atomic mass is 32.2. The van der Waals surface area contributed by atoms with Crippen LogP contribution in [0.1, 0.15) is 57.3 Å². The lowest BCUT2D eigenvalue weighted by Crippen LogP contribution is -2.43. The Kier molecular flexibility index (Phi) is 9.79. The summed E-state index contributed by atoms with van der Waals surface area (Å²) >= 11 is 1.41. The van der Waals surface area contributed by atoms with Crippen LogP contribution in [0.5, 0.6) is 5.75 Å². The van der Waals surface area contributed by atoms with Crippen LogP contribution in [0, 0.1) is 11.8 Å². The Morgan fingerprint density at radius 2 is 2.17 bits per heavy atom. The Morgan fingerprint density at radius 1 is 1.40 bits per heavy atom. The summed E-state index contributed by atoms with van der Waals surface area (Å²) in [5.74, 6) is 1.26. The number of carbonyl (C=O) groups is 1. The zero-order valence-electron chi connectivity index (χ0n) is 18.6. The monoisotopic (exact) mass is 432 g/mol. The summed E-state index contributed by atoms with van der Waals surface area (Å²) in [7, 11) is 0. The van der Waals surface area contributed by atoms with Gasteiger partial charge in [-0.3, -0.25) is 9.52 Å². The zero-order valence-corrected chi connectivity index (χ0v) is 19.5. The first-order valence-electron chi connectivity index (χ1n) is 10.9. The Bertz CT molecular complexity index is 735. The molecular formula is C24H36N2O3S. The number of nitrogens with zero attached hydrogens (tertiary/aromatic N) is 1. The largest absolute Gasteiger partial charge is 0.463 e. The molecule has 3 atom stereocenters. The van der Waals surface area contributed by atoms with Crippen LogP contribution >= 0.6 is 11.9 Å². The summed E-state index contributed by atoms with van der Waals surface area (Å²) in [4.78, 5) is 14.8. The fourth-order valence-corrected chi connectivity index (χ4v) is 4.16. The van der Waals surface area contributed by atoms with Crippen LogP contribution in [0.2, 0.25) is 0 Å². The predicted molar refractivity (Wildman–Crippen MR) is 127 cm³/mol. The number of rotatable bonds is 12. The van der Waals surface area contributed by atoms with Crippen LogP contribution in [0.3, 0.4) is 0 Å². The molecule has 1 aliphatic carbocycles. The summed E-state index contributed by atoms with van der Waals surface area (Å²) < 4.78 is 8.53. The second kappa shape index (κ2) is 12.1. The molecule has 0 radical (unpaired) electrons. The Labute approximate surface area is 185 Å². The molecule has 1 saturated carbocycles. The topological polar surface area (TPSA) is 61.8 Å². The molecule has 3 unspecified atom stereocenters. The van der Waals surface area contributed by atoms with Gasteiger partial charge in [0.1, 0.15) is 5.75 Å².